The fourth-order valence-electron chi connectivity index (χ4n) is 3.35. The molecule has 2 heterocycles. The van der Waals surface area contributed by atoms with E-state index in [1.807, 2.05) is 23.1 Å². The number of benzene rings is 1. The van der Waals surface area contributed by atoms with Crippen molar-refractivity contribution in [3.05, 3.63) is 28.7 Å². The first-order chi connectivity index (χ1) is 13.6. The SMILES string of the molecule is CCCCCCCCC(=O)N1CCOc2ccc(C=C3SC(=S)NC3=O)cc21. The molecule has 0 atom stereocenters. The van der Waals surface area contributed by atoms with Crippen molar-refractivity contribution >= 4 is 51.9 Å². The maximum absolute atomic E-state index is 12.8. The van der Waals surface area contributed by atoms with E-state index in [4.69, 9.17) is 17.0 Å². The van der Waals surface area contributed by atoms with Crippen LogP contribution >= 0.6 is 24.0 Å². The van der Waals surface area contributed by atoms with Crippen LogP contribution in [0.25, 0.3) is 6.08 Å². The number of anilines is 1. The van der Waals surface area contributed by atoms with Gasteiger partial charge in [0.05, 0.1) is 17.1 Å². The van der Waals surface area contributed by atoms with Gasteiger partial charge in [0, 0.05) is 6.42 Å². The summed E-state index contributed by atoms with van der Waals surface area (Å²) >= 11 is 6.28. The smallest absolute Gasteiger partial charge is 0.263 e. The van der Waals surface area contributed by atoms with E-state index in [-0.39, 0.29) is 11.8 Å². The van der Waals surface area contributed by atoms with Crippen LogP contribution in [0.4, 0.5) is 5.69 Å². The Kier molecular flexibility index (Phi) is 7.50. The molecular weight excluding hydrogens is 392 g/mol. The summed E-state index contributed by atoms with van der Waals surface area (Å²) in [6.07, 6.45) is 9.32. The van der Waals surface area contributed by atoms with E-state index in [0.29, 0.717) is 34.5 Å². The van der Waals surface area contributed by atoms with Crippen LogP contribution in [0.5, 0.6) is 5.75 Å². The maximum Gasteiger partial charge on any atom is 0.263 e. The van der Waals surface area contributed by atoms with Crippen LogP contribution in [-0.4, -0.2) is 29.3 Å². The number of nitrogens with zero attached hydrogens (tertiary/aromatic N) is 1. The Labute approximate surface area is 175 Å². The number of fused-ring (bicyclic) bond motifs is 1. The van der Waals surface area contributed by atoms with Crippen molar-refractivity contribution in [3.63, 3.8) is 0 Å². The van der Waals surface area contributed by atoms with E-state index in [2.05, 4.69) is 12.2 Å². The van der Waals surface area contributed by atoms with E-state index in [9.17, 15) is 9.59 Å². The number of thioether (sulfide) groups is 1. The number of rotatable bonds is 8. The summed E-state index contributed by atoms with van der Waals surface area (Å²) in [5.74, 6) is 0.669. The fourth-order valence-corrected chi connectivity index (χ4v) is 4.39. The number of ether oxygens (including phenoxy) is 1. The van der Waals surface area contributed by atoms with Crippen molar-refractivity contribution in [1.29, 1.82) is 0 Å². The van der Waals surface area contributed by atoms with E-state index < -0.39 is 0 Å². The molecule has 7 heteroatoms. The van der Waals surface area contributed by atoms with Crippen molar-refractivity contribution in [3.8, 4) is 5.75 Å². The standard InChI is InChI=1S/C21H26N2O3S2/c1-2-3-4-5-6-7-8-19(24)23-11-12-26-17-10-9-15(13-16(17)23)14-18-20(25)22-21(27)28-18/h9-10,13-14H,2-8,11-12H2,1H3,(H,22,25,27). The van der Waals surface area contributed by atoms with Crippen molar-refractivity contribution in [2.24, 2.45) is 0 Å². The monoisotopic (exact) mass is 418 g/mol. The first kappa shape index (κ1) is 20.9. The summed E-state index contributed by atoms with van der Waals surface area (Å²) in [7, 11) is 0. The first-order valence-corrected chi connectivity index (χ1v) is 11.1. The lowest BCUT2D eigenvalue weighted by Gasteiger charge is -2.30. The number of carbonyl (C=O) groups is 2. The maximum atomic E-state index is 12.8. The highest BCUT2D eigenvalue weighted by Crippen LogP contribution is 2.35. The van der Waals surface area contributed by atoms with Crippen molar-refractivity contribution in [2.45, 2.75) is 51.9 Å². The zero-order chi connectivity index (χ0) is 19.9. The topological polar surface area (TPSA) is 58.6 Å². The van der Waals surface area contributed by atoms with Gasteiger partial charge in [-0.05, 0) is 30.2 Å². The molecule has 1 saturated heterocycles. The lowest BCUT2D eigenvalue weighted by molar-refractivity contribution is -0.119. The number of thiocarbonyl (C=S) groups is 1. The molecule has 28 heavy (non-hydrogen) atoms. The summed E-state index contributed by atoms with van der Waals surface area (Å²) in [4.78, 5) is 27.0. The number of unbranched alkanes of at least 4 members (excludes halogenated alkanes) is 5. The number of hydrogen-bond donors (Lipinski definition) is 1. The molecule has 0 unspecified atom stereocenters. The second kappa shape index (κ2) is 10.1. The molecule has 1 N–H and O–H groups in total. The Morgan fingerprint density at radius 1 is 1.29 bits per heavy atom. The summed E-state index contributed by atoms with van der Waals surface area (Å²) in [5.41, 5.74) is 1.63. The fraction of sp³-hybridized carbons (Fsp3) is 0.476. The minimum Gasteiger partial charge on any atom is -0.490 e. The molecule has 1 aromatic carbocycles. The molecule has 0 spiro atoms. The minimum absolute atomic E-state index is 0.138. The molecule has 150 valence electrons. The molecule has 5 nitrogen and oxygen atoms in total. The highest BCUT2D eigenvalue weighted by Gasteiger charge is 2.25. The molecular formula is C21H26N2O3S2. The predicted molar refractivity (Wildman–Crippen MR) is 119 cm³/mol. The molecule has 0 bridgehead atoms. The number of carbonyl (C=O) groups excluding carboxylic acids is 2. The highest BCUT2D eigenvalue weighted by atomic mass is 32.2. The summed E-state index contributed by atoms with van der Waals surface area (Å²) in [6, 6.07) is 5.67. The Bertz CT molecular complexity index is 792. The third-order valence-corrected chi connectivity index (χ3v) is 5.99. The molecule has 1 fully saturated rings. The van der Waals surface area contributed by atoms with Gasteiger partial charge < -0.3 is 15.0 Å². The normalized spacial score (nSPS) is 17.5. The van der Waals surface area contributed by atoms with Gasteiger partial charge >= 0.3 is 0 Å². The summed E-state index contributed by atoms with van der Waals surface area (Å²) in [6.45, 7) is 3.26. The van der Waals surface area contributed by atoms with Crippen LogP contribution in [0.15, 0.2) is 23.1 Å². The predicted octanol–water partition coefficient (Wildman–Crippen LogP) is 4.65. The van der Waals surface area contributed by atoms with E-state index in [0.717, 1.165) is 24.1 Å². The first-order valence-electron chi connectivity index (χ1n) is 9.90. The number of nitrogens with one attached hydrogen (secondary N) is 1. The van der Waals surface area contributed by atoms with E-state index in [1.165, 1.54) is 37.4 Å². The average Bonchev–Trinajstić information content (AvgIpc) is 3.00. The third-order valence-electron chi connectivity index (χ3n) is 4.83. The number of hydrogen-bond acceptors (Lipinski definition) is 5. The largest absolute Gasteiger partial charge is 0.490 e. The lowest BCUT2D eigenvalue weighted by atomic mass is 10.1. The molecule has 0 aliphatic carbocycles. The van der Waals surface area contributed by atoms with Crippen LogP contribution in [0.3, 0.4) is 0 Å². The molecule has 0 saturated carbocycles. The van der Waals surface area contributed by atoms with E-state index >= 15 is 0 Å². The molecule has 2 aliphatic rings. The Morgan fingerprint density at radius 2 is 2.07 bits per heavy atom. The second-order valence-corrected chi connectivity index (χ2v) is 8.71. The molecule has 3 rings (SSSR count). The lowest BCUT2D eigenvalue weighted by Crippen LogP contribution is -2.37. The Balaban J connectivity index is 1.66. The van der Waals surface area contributed by atoms with Crippen LogP contribution in [0.2, 0.25) is 0 Å². The zero-order valence-electron chi connectivity index (χ0n) is 16.2. The Morgan fingerprint density at radius 3 is 2.82 bits per heavy atom. The van der Waals surface area contributed by atoms with Gasteiger partial charge in [-0.1, -0.05) is 69.1 Å². The third kappa shape index (κ3) is 5.35. The minimum atomic E-state index is -0.181. The molecule has 2 aliphatic heterocycles. The molecule has 2 amide bonds. The van der Waals surface area contributed by atoms with Gasteiger partial charge in [0.25, 0.3) is 5.91 Å². The van der Waals surface area contributed by atoms with Crippen LogP contribution in [0.1, 0.15) is 57.4 Å². The van der Waals surface area contributed by atoms with Crippen LogP contribution < -0.4 is 15.0 Å². The zero-order valence-corrected chi connectivity index (χ0v) is 17.8. The second-order valence-electron chi connectivity index (χ2n) is 6.99. The summed E-state index contributed by atoms with van der Waals surface area (Å²) in [5, 5.41) is 2.62. The Hall–Kier alpha value is -1.86. The van der Waals surface area contributed by atoms with Crippen molar-refractivity contribution < 1.29 is 14.3 Å². The molecule has 0 radical (unpaired) electrons. The van der Waals surface area contributed by atoms with Crippen molar-refractivity contribution in [2.75, 3.05) is 18.1 Å². The van der Waals surface area contributed by atoms with Crippen LogP contribution in [-0.2, 0) is 9.59 Å². The molecule has 1 aromatic rings. The average molecular weight is 419 g/mol. The van der Waals surface area contributed by atoms with E-state index in [1.54, 1.807) is 6.08 Å². The van der Waals surface area contributed by atoms with Gasteiger partial charge in [-0.15, -0.1) is 0 Å². The number of amides is 2. The van der Waals surface area contributed by atoms with Gasteiger partial charge in [0.1, 0.15) is 16.7 Å². The van der Waals surface area contributed by atoms with Gasteiger partial charge in [0.15, 0.2) is 0 Å². The van der Waals surface area contributed by atoms with Crippen molar-refractivity contribution in [1.82, 2.24) is 5.32 Å². The highest BCUT2D eigenvalue weighted by molar-refractivity contribution is 8.26. The summed E-state index contributed by atoms with van der Waals surface area (Å²) < 4.78 is 6.18. The van der Waals surface area contributed by atoms with Gasteiger partial charge in [-0.25, -0.2) is 0 Å². The molecule has 0 aromatic heterocycles. The van der Waals surface area contributed by atoms with Gasteiger partial charge in [-0.2, -0.15) is 0 Å². The van der Waals surface area contributed by atoms with Gasteiger partial charge in [-0.3, -0.25) is 9.59 Å². The van der Waals surface area contributed by atoms with Crippen LogP contribution in [0, 0.1) is 0 Å². The van der Waals surface area contributed by atoms with Gasteiger partial charge in [0.2, 0.25) is 5.91 Å². The quantitative estimate of drug-likeness (QED) is 0.378.